The van der Waals surface area contributed by atoms with Gasteiger partial charge in [0.1, 0.15) is 0 Å². The molecule has 1 fully saturated rings. The van der Waals surface area contributed by atoms with Crippen LogP contribution in [0.4, 0.5) is 8.78 Å². The first kappa shape index (κ1) is 17.6. The summed E-state index contributed by atoms with van der Waals surface area (Å²) in [5.74, 6) is -3.19. The first-order chi connectivity index (χ1) is 12.6. The van der Waals surface area contributed by atoms with Gasteiger partial charge in [0.2, 0.25) is 5.92 Å². The Hall–Kier alpha value is -2.84. The van der Waals surface area contributed by atoms with Crippen molar-refractivity contribution in [1.29, 1.82) is 0 Å². The molecule has 1 aliphatic carbocycles. The molecule has 3 aromatic heterocycles. The molecule has 1 unspecified atom stereocenters. The summed E-state index contributed by atoms with van der Waals surface area (Å²) in [6.07, 6.45) is 4.57. The van der Waals surface area contributed by atoms with Crippen LogP contribution in [0.1, 0.15) is 44.6 Å². The number of rotatable bonds is 2. The number of aromatic nitrogens is 5. The molecule has 2 N–H and O–H groups in total. The van der Waals surface area contributed by atoms with Crippen LogP contribution in [0.3, 0.4) is 0 Å². The molecule has 0 spiro atoms. The number of nitrogens with one attached hydrogen (secondary N) is 2. The third-order valence-electron chi connectivity index (χ3n) is 5.00. The van der Waals surface area contributed by atoms with E-state index in [2.05, 4.69) is 20.1 Å². The number of alkyl halides is 2. The molecule has 9 heteroatoms. The number of hydrogen-bond acceptors (Lipinski definition) is 4. The summed E-state index contributed by atoms with van der Waals surface area (Å²) < 4.78 is 30.2. The molecular formula is C18H19F2N5O2. The highest BCUT2D eigenvalue weighted by atomic mass is 19.3. The van der Waals surface area contributed by atoms with E-state index in [4.69, 9.17) is 0 Å². The highest BCUT2D eigenvalue weighted by Crippen LogP contribution is 2.50. The second kappa shape index (κ2) is 5.83. The summed E-state index contributed by atoms with van der Waals surface area (Å²) in [4.78, 5) is 32.3. The van der Waals surface area contributed by atoms with Crippen LogP contribution in [0.2, 0.25) is 0 Å². The topological polar surface area (TPSA) is 95.9 Å². The van der Waals surface area contributed by atoms with Crippen LogP contribution < -0.4 is 11.2 Å². The van der Waals surface area contributed by atoms with Gasteiger partial charge >= 0.3 is 5.69 Å². The summed E-state index contributed by atoms with van der Waals surface area (Å²) in [5, 5.41) is 4.35. The Morgan fingerprint density at radius 2 is 2.04 bits per heavy atom. The number of hydrogen-bond donors (Lipinski definition) is 2. The lowest BCUT2D eigenvalue weighted by atomic mass is 9.68. The first-order valence-electron chi connectivity index (χ1n) is 8.68. The predicted octanol–water partition coefficient (Wildman–Crippen LogP) is 2.70. The fraction of sp³-hybridized carbons (Fsp3) is 0.444. The van der Waals surface area contributed by atoms with E-state index >= 15 is 0 Å². The smallest absolute Gasteiger partial charge is 0.313 e. The molecular weight excluding hydrogens is 356 g/mol. The van der Waals surface area contributed by atoms with Gasteiger partial charge in [0, 0.05) is 37.0 Å². The van der Waals surface area contributed by atoms with Crippen molar-refractivity contribution >= 4 is 5.65 Å². The van der Waals surface area contributed by atoms with Crippen molar-refractivity contribution in [2.45, 2.75) is 45.0 Å². The third-order valence-corrected chi connectivity index (χ3v) is 5.00. The van der Waals surface area contributed by atoms with Crippen molar-refractivity contribution in [3.63, 3.8) is 0 Å². The minimum Gasteiger partial charge on any atom is -0.313 e. The van der Waals surface area contributed by atoms with Gasteiger partial charge in [-0.2, -0.15) is 5.10 Å². The molecule has 0 amide bonds. The Morgan fingerprint density at radius 3 is 2.74 bits per heavy atom. The zero-order chi connectivity index (χ0) is 19.4. The van der Waals surface area contributed by atoms with Gasteiger partial charge in [-0.3, -0.25) is 9.78 Å². The number of imidazole rings is 1. The summed E-state index contributed by atoms with van der Waals surface area (Å²) in [6, 6.07) is 1.63. The van der Waals surface area contributed by atoms with Gasteiger partial charge in [-0.1, -0.05) is 13.8 Å². The molecule has 0 radical (unpaired) electrons. The summed E-state index contributed by atoms with van der Waals surface area (Å²) in [6.45, 7) is 3.68. The van der Waals surface area contributed by atoms with E-state index < -0.39 is 28.5 Å². The molecule has 1 atom stereocenters. The van der Waals surface area contributed by atoms with Crippen molar-refractivity contribution in [3.05, 3.63) is 51.1 Å². The van der Waals surface area contributed by atoms with Crippen molar-refractivity contribution in [1.82, 2.24) is 24.6 Å². The van der Waals surface area contributed by atoms with Gasteiger partial charge in [-0.05, 0) is 23.8 Å². The van der Waals surface area contributed by atoms with E-state index in [1.165, 1.54) is 10.7 Å². The van der Waals surface area contributed by atoms with Crippen LogP contribution in [0.5, 0.6) is 0 Å². The first-order valence-corrected chi connectivity index (χ1v) is 8.68. The Bertz CT molecular complexity index is 1110. The van der Waals surface area contributed by atoms with E-state index in [0.29, 0.717) is 23.3 Å². The van der Waals surface area contributed by atoms with Crippen LogP contribution in [0.25, 0.3) is 16.9 Å². The lowest BCUT2D eigenvalue weighted by Gasteiger charge is -2.40. The van der Waals surface area contributed by atoms with Gasteiger partial charge in [0.25, 0.3) is 5.56 Å². The Morgan fingerprint density at radius 1 is 1.26 bits per heavy atom. The van der Waals surface area contributed by atoms with Crippen molar-refractivity contribution in [2.24, 2.45) is 5.41 Å². The molecule has 4 rings (SSSR count). The van der Waals surface area contributed by atoms with Gasteiger partial charge in [0.05, 0.1) is 11.3 Å². The quantitative estimate of drug-likeness (QED) is 0.720. The molecule has 3 heterocycles. The van der Waals surface area contributed by atoms with Crippen LogP contribution in [0.15, 0.2) is 34.2 Å². The van der Waals surface area contributed by atoms with E-state index in [-0.39, 0.29) is 18.4 Å². The number of aromatic amines is 2. The van der Waals surface area contributed by atoms with Crippen LogP contribution in [-0.2, 0) is 0 Å². The van der Waals surface area contributed by atoms with Crippen LogP contribution >= 0.6 is 0 Å². The molecule has 3 aromatic rings. The van der Waals surface area contributed by atoms with Crippen LogP contribution in [-0.4, -0.2) is 30.5 Å². The zero-order valence-corrected chi connectivity index (χ0v) is 14.9. The fourth-order valence-electron chi connectivity index (χ4n) is 4.14. The minimum absolute atomic E-state index is 0.154. The summed E-state index contributed by atoms with van der Waals surface area (Å²) >= 11 is 0. The maximum atomic E-state index is 14.4. The third kappa shape index (κ3) is 3.29. The number of H-pyrrole nitrogens is 2. The van der Waals surface area contributed by atoms with Gasteiger partial charge in [-0.15, -0.1) is 0 Å². The summed E-state index contributed by atoms with van der Waals surface area (Å²) in [5.41, 5.74) is -0.157. The zero-order valence-electron chi connectivity index (χ0n) is 14.9. The molecule has 1 aliphatic rings. The lowest BCUT2D eigenvalue weighted by molar-refractivity contribution is -0.0806. The van der Waals surface area contributed by atoms with Crippen molar-refractivity contribution < 1.29 is 8.78 Å². The largest absolute Gasteiger partial charge is 0.325 e. The van der Waals surface area contributed by atoms with Gasteiger partial charge in [-0.25, -0.2) is 23.1 Å². The normalized spacial score (nSPS) is 21.4. The SMILES string of the molecule is CC1(C)CC(c2cc(-c3c[nH]c(=O)[nH]c3=O)nn3ccnc23)CC(F)(F)C1. The number of nitrogens with zero attached hydrogens (tertiary/aromatic N) is 3. The Kier molecular flexibility index (Phi) is 3.79. The second-order valence-electron chi connectivity index (χ2n) is 7.97. The molecule has 142 valence electrons. The van der Waals surface area contributed by atoms with E-state index in [0.717, 1.165) is 0 Å². The number of fused-ring (bicyclic) bond motifs is 1. The highest BCUT2D eigenvalue weighted by Gasteiger charge is 2.46. The van der Waals surface area contributed by atoms with Gasteiger partial charge < -0.3 is 4.98 Å². The molecule has 1 saturated carbocycles. The van der Waals surface area contributed by atoms with Crippen molar-refractivity contribution in [3.8, 4) is 11.3 Å². The highest BCUT2D eigenvalue weighted by molar-refractivity contribution is 5.62. The summed E-state index contributed by atoms with van der Waals surface area (Å²) in [7, 11) is 0. The molecule has 0 saturated heterocycles. The lowest BCUT2D eigenvalue weighted by Crippen LogP contribution is -2.35. The predicted molar refractivity (Wildman–Crippen MR) is 95.0 cm³/mol. The standard InChI is InChI=1S/C18H19F2N5O2/c1-17(2)6-10(7-18(19,20)9-17)11-5-13(24-25-4-3-21-14(11)25)12-8-22-16(27)23-15(12)26/h3-5,8,10H,6-7,9H2,1-2H3,(H2,22,23,26,27). The average molecular weight is 375 g/mol. The number of halogens is 2. The Balaban J connectivity index is 1.89. The Labute approximate surface area is 152 Å². The van der Waals surface area contributed by atoms with Gasteiger partial charge in [0.15, 0.2) is 5.65 Å². The molecule has 0 bridgehead atoms. The molecule has 27 heavy (non-hydrogen) atoms. The maximum absolute atomic E-state index is 14.4. The molecule has 0 aliphatic heterocycles. The molecule has 7 nitrogen and oxygen atoms in total. The monoisotopic (exact) mass is 375 g/mol. The average Bonchev–Trinajstić information content (AvgIpc) is 2.99. The van der Waals surface area contributed by atoms with E-state index in [9.17, 15) is 18.4 Å². The maximum Gasteiger partial charge on any atom is 0.325 e. The fourth-order valence-corrected chi connectivity index (χ4v) is 4.14. The van der Waals surface area contributed by atoms with Crippen LogP contribution in [0, 0.1) is 5.41 Å². The second-order valence-corrected chi connectivity index (χ2v) is 7.97. The van der Waals surface area contributed by atoms with Crippen molar-refractivity contribution in [2.75, 3.05) is 0 Å². The van der Waals surface area contributed by atoms with E-state index in [1.54, 1.807) is 18.5 Å². The molecule has 0 aromatic carbocycles. The van der Waals surface area contributed by atoms with E-state index in [1.807, 2.05) is 13.8 Å². The minimum atomic E-state index is -2.77.